The van der Waals surface area contributed by atoms with Gasteiger partial charge in [-0.2, -0.15) is 5.10 Å². The van der Waals surface area contributed by atoms with Crippen LogP contribution in [0.15, 0.2) is 42.9 Å². The number of rotatable bonds is 12. The summed E-state index contributed by atoms with van der Waals surface area (Å²) in [5.74, 6) is 0.499. The molecule has 1 aromatic carbocycles. The van der Waals surface area contributed by atoms with Crippen molar-refractivity contribution in [2.45, 2.75) is 71.6 Å². The molecule has 0 saturated carbocycles. The Kier molecular flexibility index (Phi) is 10.0. The molecule has 1 amide bonds. The van der Waals surface area contributed by atoms with Crippen LogP contribution < -0.4 is 10.6 Å². The molecule has 3 aromatic rings. The third-order valence-electron chi connectivity index (χ3n) is 6.91. The van der Waals surface area contributed by atoms with E-state index in [1.165, 1.54) is 0 Å². The zero-order chi connectivity index (χ0) is 27.8. The van der Waals surface area contributed by atoms with Crippen LogP contribution in [0.4, 0.5) is 16.4 Å². The van der Waals surface area contributed by atoms with Crippen molar-refractivity contribution >= 4 is 26.0 Å². The van der Waals surface area contributed by atoms with E-state index >= 15 is 0 Å². The Morgan fingerprint density at radius 3 is 2.61 bits per heavy atom. The average Bonchev–Trinajstić information content (AvgIpc) is 3.27. The third-order valence-corrected chi connectivity index (χ3v) is 11.5. The second-order valence-electron chi connectivity index (χ2n) is 11.0. The topological polar surface area (TPSA) is 103 Å². The van der Waals surface area contributed by atoms with Crippen molar-refractivity contribution < 1.29 is 14.0 Å². The zero-order valence-corrected chi connectivity index (χ0v) is 24.8. The Hall–Kier alpha value is -3.24. The summed E-state index contributed by atoms with van der Waals surface area (Å²) in [6.45, 7) is 14.7. The SMILES string of the molecule is CCCCOC(=O)NCc1ccc(-c2ccnc(Nc3cnn(C)c3)n2)cc1CCO[Si](C)(C)C(C)(C)C. The van der Waals surface area contributed by atoms with E-state index in [9.17, 15) is 4.79 Å². The number of aryl methyl sites for hydroxylation is 1. The normalized spacial score (nSPS) is 11.9. The van der Waals surface area contributed by atoms with Crippen LogP contribution in [0.25, 0.3) is 11.3 Å². The Morgan fingerprint density at radius 1 is 1.13 bits per heavy atom. The van der Waals surface area contributed by atoms with E-state index in [1.807, 2.05) is 31.4 Å². The lowest BCUT2D eigenvalue weighted by atomic mass is 10.00. The highest BCUT2D eigenvalue weighted by Crippen LogP contribution is 2.36. The Labute approximate surface area is 227 Å². The minimum absolute atomic E-state index is 0.139. The van der Waals surface area contributed by atoms with Gasteiger partial charge >= 0.3 is 6.09 Å². The molecule has 0 bridgehead atoms. The molecule has 0 atom stereocenters. The molecule has 0 aliphatic heterocycles. The van der Waals surface area contributed by atoms with Crippen molar-refractivity contribution in [3.63, 3.8) is 0 Å². The molecule has 0 aliphatic rings. The van der Waals surface area contributed by atoms with Crippen LogP contribution >= 0.6 is 0 Å². The molecular formula is C28H42N6O3Si. The van der Waals surface area contributed by atoms with E-state index in [-0.39, 0.29) is 5.04 Å². The highest BCUT2D eigenvalue weighted by atomic mass is 28.4. The summed E-state index contributed by atoms with van der Waals surface area (Å²) in [6, 6.07) is 8.08. The van der Waals surface area contributed by atoms with Crippen molar-refractivity contribution in [2.24, 2.45) is 7.05 Å². The van der Waals surface area contributed by atoms with Gasteiger partial charge < -0.3 is 19.8 Å². The van der Waals surface area contributed by atoms with E-state index in [4.69, 9.17) is 14.1 Å². The quantitative estimate of drug-likeness (QED) is 0.209. The number of aromatic nitrogens is 4. The van der Waals surface area contributed by atoms with Crippen LogP contribution in [-0.4, -0.2) is 47.4 Å². The number of hydrogen-bond acceptors (Lipinski definition) is 7. The predicted octanol–water partition coefficient (Wildman–Crippen LogP) is 6.21. The molecule has 0 radical (unpaired) electrons. The molecule has 0 fully saturated rings. The maximum Gasteiger partial charge on any atom is 0.407 e. The van der Waals surface area contributed by atoms with Gasteiger partial charge in [0.1, 0.15) is 0 Å². The van der Waals surface area contributed by atoms with Crippen molar-refractivity contribution in [3.8, 4) is 11.3 Å². The summed E-state index contributed by atoms with van der Waals surface area (Å²) in [6.07, 6.45) is 7.51. The number of carbonyl (C=O) groups excluding carboxylic acids is 1. The second-order valence-corrected chi connectivity index (χ2v) is 15.8. The summed E-state index contributed by atoms with van der Waals surface area (Å²) in [5, 5.41) is 10.4. The molecule has 0 unspecified atom stereocenters. The highest BCUT2D eigenvalue weighted by molar-refractivity contribution is 6.74. The van der Waals surface area contributed by atoms with Crippen LogP contribution in [0.1, 0.15) is 51.7 Å². The summed E-state index contributed by atoms with van der Waals surface area (Å²) in [5.41, 5.74) is 4.73. The molecule has 2 heterocycles. The molecule has 10 heteroatoms. The van der Waals surface area contributed by atoms with Gasteiger partial charge in [0.05, 0.1) is 24.2 Å². The van der Waals surface area contributed by atoms with Gasteiger partial charge in [-0.15, -0.1) is 0 Å². The Balaban J connectivity index is 1.79. The van der Waals surface area contributed by atoms with Gasteiger partial charge in [-0.25, -0.2) is 14.8 Å². The summed E-state index contributed by atoms with van der Waals surface area (Å²) in [4.78, 5) is 21.2. The number of hydrogen-bond donors (Lipinski definition) is 2. The van der Waals surface area contributed by atoms with Crippen molar-refractivity contribution in [3.05, 3.63) is 54.0 Å². The van der Waals surface area contributed by atoms with E-state index in [0.29, 0.717) is 25.7 Å². The summed E-state index contributed by atoms with van der Waals surface area (Å²) >= 11 is 0. The maximum absolute atomic E-state index is 12.2. The van der Waals surface area contributed by atoms with E-state index in [0.717, 1.165) is 47.3 Å². The van der Waals surface area contributed by atoms with Crippen molar-refractivity contribution in [1.82, 2.24) is 25.1 Å². The number of anilines is 2. The number of amides is 1. The van der Waals surface area contributed by atoms with Crippen molar-refractivity contribution in [2.75, 3.05) is 18.5 Å². The molecule has 2 aromatic heterocycles. The van der Waals surface area contributed by atoms with E-state index in [1.54, 1.807) is 17.1 Å². The van der Waals surface area contributed by atoms with Crippen LogP contribution in [0.5, 0.6) is 0 Å². The minimum atomic E-state index is -1.88. The fourth-order valence-corrected chi connectivity index (χ4v) is 4.59. The number of unbranched alkanes of at least 4 members (excludes halogenated alkanes) is 1. The second kappa shape index (κ2) is 13.0. The zero-order valence-electron chi connectivity index (χ0n) is 23.8. The van der Waals surface area contributed by atoms with E-state index < -0.39 is 14.4 Å². The number of nitrogens with zero attached hydrogens (tertiary/aromatic N) is 4. The standard InChI is InChI=1S/C28H42N6O3Si/c1-8-9-15-36-27(35)30-18-23-11-10-22(17-21(23)13-16-37-38(6,7)28(2,3)4)25-12-14-29-26(33-25)32-24-19-31-34(5)20-24/h10-12,14,17,19-20H,8-9,13,15-16,18H2,1-7H3,(H,30,35)(H,29,32,33). The van der Waals surface area contributed by atoms with Crippen LogP contribution in [0.2, 0.25) is 18.1 Å². The maximum atomic E-state index is 12.2. The minimum Gasteiger partial charge on any atom is -0.450 e. The van der Waals surface area contributed by atoms with Gasteiger partial charge in [-0.1, -0.05) is 46.2 Å². The molecule has 2 N–H and O–H groups in total. The van der Waals surface area contributed by atoms with Gasteiger partial charge in [0.2, 0.25) is 5.95 Å². The Bertz CT molecular complexity index is 1210. The van der Waals surface area contributed by atoms with Gasteiger partial charge in [-0.3, -0.25) is 4.68 Å². The highest BCUT2D eigenvalue weighted by Gasteiger charge is 2.36. The first-order valence-electron chi connectivity index (χ1n) is 13.2. The molecule has 0 aliphatic carbocycles. The van der Waals surface area contributed by atoms with Gasteiger partial charge in [0, 0.05) is 38.2 Å². The molecule has 9 nitrogen and oxygen atoms in total. The molecule has 3 rings (SSSR count). The fourth-order valence-electron chi connectivity index (χ4n) is 3.55. The lowest BCUT2D eigenvalue weighted by molar-refractivity contribution is 0.144. The van der Waals surface area contributed by atoms with Gasteiger partial charge in [0.25, 0.3) is 0 Å². The number of ether oxygens (including phenoxy) is 1. The molecule has 38 heavy (non-hydrogen) atoms. The van der Waals surface area contributed by atoms with Crippen LogP contribution in [-0.2, 0) is 29.2 Å². The van der Waals surface area contributed by atoms with Crippen LogP contribution in [0.3, 0.4) is 0 Å². The smallest absolute Gasteiger partial charge is 0.407 e. The Morgan fingerprint density at radius 2 is 1.92 bits per heavy atom. The summed E-state index contributed by atoms with van der Waals surface area (Å²) < 4.78 is 13.4. The van der Waals surface area contributed by atoms with Gasteiger partial charge in [-0.05, 0) is 54.2 Å². The first kappa shape index (κ1) is 29.3. The first-order valence-corrected chi connectivity index (χ1v) is 16.1. The van der Waals surface area contributed by atoms with Crippen molar-refractivity contribution in [1.29, 1.82) is 0 Å². The number of nitrogens with one attached hydrogen (secondary N) is 2. The largest absolute Gasteiger partial charge is 0.450 e. The predicted molar refractivity (Wildman–Crippen MR) is 154 cm³/mol. The molecular weight excluding hydrogens is 496 g/mol. The number of carbonyl (C=O) groups is 1. The third kappa shape index (κ3) is 8.39. The average molecular weight is 539 g/mol. The number of alkyl carbamates (subject to hydrolysis) is 1. The van der Waals surface area contributed by atoms with Gasteiger partial charge in [0.15, 0.2) is 8.32 Å². The fraction of sp³-hybridized carbons (Fsp3) is 0.500. The first-order chi connectivity index (χ1) is 18.0. The lowest BCUT2D eigenvalue weighted by Gasteiger charge is -2.36. The van der Waals surface area contributed by atoms with Crippen LogP contribution in [0, 0.1) is 0 Å². The van der Waals surface area contributed by atoms with E-state index in [2.05, 4.69) is 67.6 Å². The lowest BCUT2D eigenvalue weighted by Crippen LogP contribution is -2.41. The molecule has 0 spiro atoms. The monoisotopic (exact) mass is 538 g/mol. The molecule has 0 saturated heterocycles. The number of benzene rings is 1. The molecule has 206 valence electrons. The summed E-state index contributed by atoms with van der Waals surface area (Å²) in [7, 11) is -0.0159.